The molecule has 0 spiro atoms. The summed E-state index contributed by atoms with van der Waals surface area (Å²) >= 11 is 5.49. The summed E-state index contributed by atoms with van der Waals surface area (Å²) in [6.45, 7) is -0.570. The van der Waals surface area contributed by atoms with Crippen LogP contribution >= 0.6 is 11.6 Å². The van der Waals surface area contributed by atoms with Crippen molar-refractivity contribution in [1.29, 1.82) is 0 Å². The number of benzene rings is 1. The molecule has 84 valence electrons. The lowest BCUT2D eigenvalue weighted by molar-refractivity contribution is -0.137. The number of hydrogen-bond acceptors (Lipinski definition) is 2. The second kappa shape index (κ2) is 4.28. The van der Waals surface area contributed by atoms with Crippen molar-refractivity contribution < 1.29 is 23.0 Å². The molecule has 0 atom stereocenters. The van der Waals surface area contributed by atoms with Gasteiger partial charge in [-0.05, 0) is 12.1 Å². The van der Waals surface area contributed by atoms with Crippen molar-refractivity contribution in [3.8, 4) is 5.75 Å². The SMILES string of the molecule is COc1cc(CO)c(Cl)c(C(F)(F)F)c1. The molecule has 0 aliphatic heterocycles. The smallest absolute Gasteiger partial charge is 0.417 e. The third kappa shape index (κ3) is 2.54. The van der Waals surface area contributed by atoms with Crippen LogP contribution in [0.3, 0.4) is 0 Å². The molecule has 0 aromatic heterocycles. The molecule has 1 rings (SSSR count). The molecule has 0 fully saturated rings. The zero-order chi connectivity index (χ0) is 11.6. The number of aliphatic hydroxyl groups is 1. The van der Waals surface area contributed by atoms with Gasteiger partial charge in [0.15, 0.2) is 0 Å². The average molecular weight is 241 g/mol. The van der Waals surface area contributed by atoms with Crippen LogP contribution in [0.5, 0.6) is 5.75 Å². The molecule has 1 N–H and O–H groups in total. The van der Waals surface area contributed by atoms with E-state index in [0.717, 1.165) is 6.07 Å². The fourth-order valence-corrected chi connectivity index (χ4v) is 1.37. The van der Waals surface area contributed by atoms with Crippen LogP contribution in [0.25, 0.3) is 0 Å². The monoisotopic (exact) mass is 240 g/mol. The molecule has 0 aliphatic rings. The number of rotatable bonds is 2. The molecule has 1 aromatic carbocycles. The Kier molecular flexibility index (Phi) is 3.46. The highest BCUT2D eigenvalue weighted by Gasteiger charge is 2.34. The lowest BCUT2D eigenvalue weighted by Crippen LogP contribution is -2.08. The predicted octanol–water partition coefficient (Wildman–Crippen LogP) is 2.86. The molecule has 1 aromatic rings. The van der Waals surface area contributed by atoms with Crippen LogP contribution in [-0.2, 0) is 12.8 Å². The largest absolute Gasteiger partial charge is 0.497 e. The molecule has 15 heavy (non-hydrogen) atoms. The summed E-state index contributed by atoms with van der Waals surface area (Å²) in [7, 11) is 1.24. The van der Waals surface area contributed by atoms with Gasteiger partial charge >= 0.3 is 6.18 Å². The van der Waals surface area contributed by atoms with Crippen LogP contribution in [0, 0.1) is 0 Å². The Balaban J connectivity index is 3.37. The van der Waals surface area contributed by atoms with Crippen molar-refractivity contribution in [2.45, 2.75) is 12.8 Å². The highest BCUT2D eigenvalue weighted by atomic mass is 35.5. The maximum Gasteiger partial charge on any atom is 0.417 e. The van der Waals surface area contributed by atoms with Gasteiger partial charge < -0.3 is 9.84 Å². The Hall–Kier alpha value is -0.940. The van der Waals surface area contributed by atoms with Crippen molar-refractivity contribution in [2.24, 2.45) is 0 Å². The number of aliphatic hydroxyl groups excluding tert-OH is 1. The summed E-state index contributed by atoms with van der Waals surface area (Å²) in [5.74, 6) is 0.00998. The molecule has 0 radical (unpaired) electrons. The quantitative estimate of drug-likeness (QED) is 0.861. The normalized spacial score (nSPS) is 11.6. The van der Waals surface area contributed by atoms with E-state index in [2.05, 4.69) is 4.74 Å². The Labute approximate surface area is 89.2 Å². The molecule has 6 heteroatoms. The molecule has 0 saturated heterocycles. The van der Waals surface area contributed by atoms with Gasteiger partial charge in [-0.15, -0.1) is 0 Å². The summed E-state index contributed by atoms with van der Waals surface area (Å²) in [5, 5.41) is 8.33. The second-order valence-corrected chi connectivity index (χ2v) is 3.18. The van der Waals surface area contributed by atoms with Crippen LogP contribution in [-0.4, -0.2) is 12.2 Å². The summed E-state index contributed by atoms with van der Waals surface area (Å²) in [6, 6.07) is 2.05. The van der Waals surface area contributed by atoms with Gasteiger partial charge in [-0.2, -0.15) is 13.2 Å². The maximum atomic E-state index is 12.5. The first-order valence-electron chi connectivity index (χ1n) is 3.94. The number of alkyl halides is 3. The van der Waals surface area contributed by atoms with Crippen LogP contribution in [0.1, 0.15) is 11.1 Å². The third-order valence-corrected chi connectivity index (χ3v) is 2.28. The third-order valence-electron chi connectivity index (χ3n) is 1.83. The first-order valence-corrected chi connectivity index (χ1v) is 4.32. The minimum atomic E-state index is -4.56. The number of hydrogen-bond donors (Lipinski definition) is 1. The van der Waals surface area contributed by atoms with Gasteiger partial charge in [0.05, 0.1) is 24.3 Å². The van der Waals surface area contributed by atoms with Gasteiger partial charge in [0.2, 0.25) is 0 Å². The Bertz CT molecular complexity index is 363. The summed E-state index contributed by atoms with van der Waals surface area (Å²) in [6.07, 6.45) is -4.56. The van der Waals surface area contributed by atoms with Gasteiger partial charge in [0, 0.05) is 5.56 Å². The van der Waals surface area contributed by atoms with Crippen molar-refractivity contribution in [1.82, 2.24) is 0 Å². The van der Waals surface area contributed by atoms with Crippen molar-refractivity contribution in [3.63, 3.8) is 0 Å². The molecule has 0 aliphatic carbocycles. The highest BCUT2D eigenvalue weighted by molar-refractivity contribution is 6.32. The first kappa shape index (κ1) is 12.1. The lowest BCUT2D eigenvalue weighted by Gasteiger charge is -2.13. The molecule has 2 nitrogen and oxygen atoms in total. The van der Waals surface area contributed by atoms with Gasteiger partial charge in [-0.3, -0.25) is 0 Å². The highest BCUT2D eigenvalue weighted by Crippen LogP contribution is 2.38. The zero-order valence-corrected chi connectivity index (χ0v) is 8.49. The topological polar surface area (TPSA) is 29.5 Å². The minimum absolute atomic E-state index is 0.00998. The van der Waals surface area contributed by atoms with Crippen molar-refractivity contribution in [2.75, 3.05) is 7.11 Å². The minimum Gasteiger partial charge on any atom is -0.497 e. The lowest BCUT2D eigenvalue weighted by atomic mass is 10.1. The molecule has 0 saturated carbocycles. The molecule has 0 bridgehead atoms. The van der Waals surface area contributed by atoms with E-state index in [9.17, 15) is 13.2 Å². The Morgan fingerprint density at radius 2 is 2.00 bits per heavy atom. The number of ether oxygens (including phenoxy) is 1. The first-order chi connectivity index (χ1) is 6.90. The van der Waals surface area contributed by atoms with Gasteiger partial charge in [0.25, 0.3) is 0 Å². The number of halogens is 4. The van der Waals surface area contributed by atoms with E-state index >= 15 is 0 Å². The number of methoxy groups -OCH3 is 1. The van der Waals surface area contributed by atoms with E-state index in [0.29, 0.717) is 0 Å². The Morgan fingerprint density at radius 1 is 1.40 bits per heavy atom. The molecular formula is C9H8ClF3O2. The second-order valence-electron chi connectivity index (χ2n) is 2.80. The van der Waals surface area contributed by atoms with Crippen LogP contribution in [0.2, 0.25) is 5.02 Å². The summed E-state index contributed by atoms with van der Waals surface area (Å²) in [4.78, 5) is 0. The van der Waals surface area contributed by atoms with E-state index < -0.39 is 23.4 Å². The predicted molar refractivity (Wildman–Crippen MR) is 48.9 cm³/mol. The molecule has 0 heterocycles. The zero-order valence-electron chi connectivity index (χ0n) is 7.73. The van der Waals surface area contributed by atoms with Crippen molar-refractivity contribution >= 4 is 11.6 Å². The summed E-state index contributed by atoms with van der Waals surface area (Å²) in [5.41, 5.74) is -1.02. The fraction of sp³-hybridized carbons (Fsp3) is 0.333. The van der Waals surface area contributed by atoms with Gasteiger partial charge in [-0.1, -0.05) is 11.6 Å². The van der Waals surface area contributed by atoms with Crippen LogP contribution < -0.4 is 4.74 Å². The fourth-order valence-electron chi connectivity index (χ4n) is 1.09. The average Bonchev–Trinajstić information content (AvgIpc) is 2.16. The molecule has 0 amide bonds. The maximum absolute atomic E-state index is 12.5. The van der Waals surface area contributed by atoms with Gasteiger partial charge in [0.1, 0.15) is 5.75 Å². The molecule has 0 unspecified atom stereocenters. The van der Waals surface area contributed by atoms with Crippen molar-refractivity contribution in [3.05, 3.63) is 28.3 Å². The standard InChI is InChI=1S/C9H8ClF3O2/c1-15-6-2-5(4-14)8(10)7(3-6)9(11,12)13/h2-3,14H,4H2,1H3. The van der Waals surface area contributed by atoms with E-state index in [1.807, 2.05) is 0 Å². The van der Waals surface area contributed by atoms with E-state index in [1.165, 1.54) is 13.2 Å². The summed E-state index contributed by atoms with van der Waals surface area (Å²) < 4.78 is 42.1. The Morgan fingerprint density at radius 3 is 2.40 bits per heavy atom. The van der Waals surface area contributed by atoms with Crippen LogP contribution in [0.15, 0.2) is 12.1 Å². The van der Waals surface area contributed by atoms with E-state index in [-0.39, 0.29) is 11.3 Å². The van der Waals surface area contributed by atoms with E-state index in [4.69, 9.17) is 16.7 Å². The van der Waals surface area contributed by atoms with E-state index in [1.54, 1.807) is 0 Å². The van der Waals surface area contributed by atoms with Gasteiger partial charge in [-0.25, -0.2) is 0 Å². The van der Waals surface area contributed by atoms with Crippen LogP contribution in [0.4, 0.5) is 13.2 Å². The molecular weight excluding hydrogens is 233 g/mol.